The van der Waals surface area contributed by atoms with Gasteiger partial charge >= 0.3 is 5.97 Å². The number of para-hydroxylation sites is 2. The van der Waals surface area contributed by atoms with E-state index >= 15 is 0 Å². The van der Waals surface area contributed by atoms with Crippen molar-refractivity contribution in [1.29, 1.82) is 0 Å². The molecule has 0 aliphatic carbocycles. The molecule has 1 aromatic rings. The Morgan fingerprint density at radius 1 is 1.24 bits per heavy atom. The van der Waals surface area contributed by atoms with E-state index in [0.717, 1.165) is 11.4 Å². The van der Waals surface area contributed by atoms with Crippen LogP contribution in [0.2, 0.25) is 0 Å². The van der Waals surface area contributed by atoms with Gasteiger partial charge in [0.2, 0.25) is 5.91 Å². The number of hydrogen-bond acceptors (Lipinski definition) is 3. The van der Waals surface area contributed by atoms with Gasteiger partial charge in [-0.1, -0.05) is 12.1 Å². The molecule has 1 heterocycles. The van der Waals surface area contributed by atoms with Gasteiger partial charge in [-0.2, -0.15) is 0 Å². The van der Waals surface area contributed by atoms with E-state index in [1.165, 1.54) is 0 Å². The molecule has 0 radical (unpaired) electrons. The molecular formula is C12H14N2O3. The molecule has 0 unspecified atom stereocenters. The summed E-state index contributed by atoms with van der Waals surface area (Å²) in [5.74, 6) is -1.45. The highest BCUT2D eigenvalue weighted by Crippen LogP contribution is 2.31. The average molecular weight is 234 g/mol. The summed E-state index contributed by atoms with van der Waals surface area (Å²) in [6.07, 6.45) is -0.460. The van der Waals surface area contributed by atoms with Crippen molar-refractivity contribution in [2.75, 3.05) is 29.9 Å². The second-order valence-electron chi connectivity index (χ2n) is 4.03. The molecule has 0 spiro atoms. The average Bonchev–Trinajstić information content (AvgIpc) is 2.29. The summed E-state index contributed by atoms with van der Waals surface area (Å²) in [4.78, 5) is 26.0. The molecule has 1 aliphatic rings. The molecule has 90 valence electrons. The summed E-state index contributed by atoms with van der Waals surface area (Å²) >= 11 is 0. The van der Waals surface area contributed by atoms with Crippen LogP contribution < -0.4 is 9.80 Å². The van der Waals surface area contributed by atoms with Crippen LogP contribution in [-0.2, 0) is 9.59 Å². The maximum Gasteiger partial charge on any atom is 0.312 e. The minimum Gasteiger partial charge on any atom is -0.481 e. The molecule has 0 aromatic heterocycles. The lowest BCUT2D eigenvalue weighted by molar-refractivity contribution is -0.140. The Balaban J connectivity index is 2.30. The molecule has 0 atom stereocenters. The topological polar surface area (TPSA) is 60.9 Å². The summed E-state index contributed by atoms with van der Waals surface area (Å²) in [5, 5.41) is 8.66. The van der Waals surface area contributed by atoms with Gasteiger partial charge in [-0.25, -0.2) is 0 Å². The van der Waals surface area contributed by atoms with Gasteiger partial charge in [-0.15, -0.1) is 0 Å². The van der Waals surface area contributed by atoms with E-state index in [0.29, 0.717) is 13.1 Å². The maximum atomic E-state index is 11.8. The molecule has 0 saturated carbocycles. The number of rotatable bonds is 2. The van der Waals surface area contributed by atoms with Crippen molar-refractivity contribution in [3.63, 3.8) is 0 Å². The highest BCUT2D eigenvalue weighted by Gasteiger charge is 2.25. The van der Waals surface area contributed by atoms with Crippen LogP contribution in [0.15, 0.2) is 24.3 Å². The number of benzene rings is 1. The highest BCUT2D eigenvalue weighted by atomic mass is 16.4. The predicted molar refractivity (Wildman–Crippen MR) is 64.3 cm³/mol. The van der Waals surface area contributed by atoms with Crippen molar-refractivity contribution in [2.45, 2.75) is 6.42 Å². The van der Waals surface area contributed by atoms with Crippen molar-refractivity contribution in [3.05, 3.63) is 24.3 Å². The largest absolute Gasteiger partial charge is 0.481 e. The monoisotopic (exact) mass is 234 g/mol. The first kappa shape index (κ1) is 11.4. The van der Waals surface area contributed by atoms with Gasteiger partial charge in [-0.3, -0.25) is 9.59 Å². The van der Waals surface area contributed by atoms with Gasteiger partial charge in [-0.05, 0) is 12.1 Å². The molecule has 1 aromatic carbocycles. The summed E-state index contributed by atoms with van der Waals surface area (Å²) in [6, 6.07) is 7.51. The third kappa shape index (κ3) is 2.22. The lowest BCUT2D eigenvalue weighted by Crippen LogP contribution is -2.43. The van der Waals surface area contributed by atoms with E-state index < -0.39 is 12.4 Å². The second kappa shape index (κ2) is 4.45. The van der Waals surface area contributed by atoms with Crippen LogP contribution in [0.5, 0.6) is 0 Å². The van der Waals surface area contributed by atoms with Crippen molar-refractivity contribution in [1.82, 2.24) is 0 Å². The Hall–Kier alpha value is -2.04. The zero-order chi connectivity index (χ0) is 12.4. The lowest BCUT2D eigenvalue weighted by atomic mass is 10.1. The van der Waals surface area contributed by atoms with Crippen LogP contribution in [0, 0.1) is 0 Å². The molecule has 17 heavy (non-hydrogen) atoms. The summed E-state index contributed by atoms with van der Waals surface area (Å²) in [7, 11) is 1.96. The van der Waals surface area contributed by atoms with Gasteiger partial charge in [0.25, 0.3) is 0 Å². The Labute approximate surface area is 99.3 Å². The number of carboxylic acid groups (broad SMARTS) is 1. The van der Waals surface area contributed by atoms with Crippen LogP contribution in [0.4, 0.5) is 11.4 Å². The van der Waals surface area contributed by atoms with Crippen molar-refractivity contribution < 1.29 is 14.7 Å². The van der Waals surface area contributed by atoms with E-state index in [2.05, 4.69) is 4.90 Å². The molecule has 5 heteroatoms. The molecular weight excluding hydrogens is 220 g/mol. The molecule has 5 nitrogen and oxygen atoms in total. The van der Waals surface area contributed by atoms with Crippen LogP contribution in [0.1, 0.15) is 6.42 Å². The van der Waals surface area contributed by atoms with Crippen LogP contribution in [0.25, 0.3) is 0 Å². The number of nitrogens with zero attached hydrogens (tertiary/aromatic N) is 2. The molecule has 0 saturated heterocycles. The van der Waals surface area contributed by atoms with Gasteiger partial charge in [0.1, 0.15) is 6.42 Å². The molecule has 0 fully saturated rings. The smallest absolute Gasteiger partial charge is 0.312 e. The van der Waals surface area contributed by atoms with Crippen LogP contribution in [-0.4, -0.2) is 37.1 Å². The quantitative estimate of drug-likeness (QED) is 0.774. The third-order valence-corrected chi connectivity index (χ3v) is 2.85. The standard InChI is InChI=1S/C12H14N2O3/c1-13-6-7-14(11(15)8-12(16)17)10-5-3-2-4-9(10)13/h2-5H,6-8H2,1H3,(H,16,17). The zero-order valence-electron chi connectivity index (χ0n) is 9.59. The molecule has 1 amide bonds. The first-order chi connectivity index (χ1) is 8.09. The number of anilines is 2. The molecule has 1 N–H and O–H groups in total. The SMILES string of the molecule is CN1CCN(C(=O)CC(=O)O)c2ccccc21. The van der Waals surface area contributed by atoms with Gasteiger partial charge in [0, 0.05) is 20.1 Å². The number of hydrogen-bond donors (Lipinski definition) is 1. The number of carbonyl (C=O) groups is 2. The first-order valence-corrected chi connectivity index (χ1v) is 5.42. The molecule has 1 aliphatic heterocycles. The van der Waals surface area contributed by atoms with Crippen molar-refractivity contribution >= 4 is 23.3 Å². The first-order valence-electron chi connectivity index (χ1n) is 5.42. The van der Waals surface area contributed by atoms with E-state index in [9.17, 15) is 9.59 Å². The minimum atomic E-state index is -1.09. The van der Waals surface area contributed by atoms with E-state index in [1.54, 1.807) is 4.90 Å². The van der Waals surface area contributed by atoms with E-state index in [4.69, 9.17) is 5.11 Å². The number of amides is 1. The van der Waals surface area contributed by atoms with Gasteiger partial charge < -0.3 is 14.9 Å². The Morgan fingerprint density at radius 3 is 2.53 bits per heavy atom. The Bertz CT molecular complexity index is 459. The van der Waals surface area contributed by atoms with Crippen LogP contribution in [0.3, 0.4) is 0 Å². The predicted octanol–water partition coefficient (Wildman–Crippen LogP) is 0.944. The number of carboxylic acids is 1. The Kier molecular flexibility index (Phi) is 2.99. The maximum absolute atomic E-state index is 11.8. The zero-order valence-corrected chi connectivity index (χ0v) is 9.59. The fourth-order valence-corrected chi connectivity index (χ4v) is 1.99. The fourth-order valence-electron chi connectivity index (χ4n) is 1.99. The van der Waals surface area contributed by atoms with E-state index in [1.807, 2.05) is 31.3 Å². The number of carbonyl (C=O) groups excluding carboxylic acids is 1. The molecule has 2 rings (SSSR count). The lowest BCUT2D eigenvalue weighted by Gasteiger charge is -2.35. The third-order valence-electron chi connectivity index (χ3n) is 2.85. The van der Waals surface area contributed by atoms with Gasteiger partial charge in [0.05, 0.1) is 11.4 Å². The van der Waals surface area contributed by atoms with Crippen LogP contribution >= 0.6 is 0 Å². The normalized spacial score (nSPS) is 14.4. The summed E-state index contributed by atoms with van der Waals surface area (Å²) < 4.78 is 0. The number of likely N-dealkylation sites (N-methyl/N-ethyl adjacent to an activating group) is 1. The second-order valence-corrected chi connectivity index (χ2v) is 4.03. The Morgan fingerprint density at radius 2 is 1.88 bits per heavy atom. The van der Waals surface area contributed by atoms with Crippen molar-refractivity contribution in [2.24, 2.45) is 0 Å². The minimum absolute atomic E-state index is 0.363. The number of fused-ring (bicyclic) bond motifs is 1. The van der Waals surface area contributed by atoms with Crippen molar-refractivity contribution in [3.8, 4) is 0 Å². The highest BCUT2D eigenvalue weighted by molar-refractivity contribution is 6.05. The fraction of sp³-hybridized carbons (Fsp3) is 0.333. The summed E-state index contributed by atoms with van der Waals surface area (Å²) in [6.45, 7) is 1.24. The van der Waals surface area contributed by atoms with Gasteiger partial charge in [0.15, 0.2) is 0 Å². The summed E-state index contributed by atoms with van der Waals surface area (Å²) in [5.41, 5.74) is 1.74. The molecule has 0 bridgehead atoms. The number of aliphatic carboxylic acids is 1. The van der Waals surface area contributed by atoms with E-state index in [-0.39, 0.29) is 5.91 Å².